The smallest absolute Gasteiger partial charge is 0.459 e. The van der Waals surface area contributed by atoms with Crippen LogP contribution in [0.2, 0.25) is 0 Å². The highest BCUT2D eigenvalue weighted by molar-refractivity contribution is 5.15. The molecule has 3 nitrogen and oxygen atoms in total. The van der Waals surface area contributed by atoms with Gasteiger partial charge in [-0.3, -0.25) is 0 Å². The SMILES string of the molecule is Oc1ccc(C(F)(F)C(F)(F)F)nn1. The molecule has 0 spiro atoms. The zero-order valence-electron chi connectivity index (χ0n) is 6.39. The van der Waals surface area contributed by atoms with E-state index in [9.17, 15) is 22.0 Å². The quantitative estimate of drug-likeness (QED) is 0.725. The fourth-order valence-electron chi connectivity index (χ4n) is 0.638. The lowest BCUT2D eigenvalue weighted by Crippen LogP contribution is -2.34. The summed E-state index contributed by atoms with van der Waals surface area (Å²) >= 11 is 0. The molecule has 0 aromatic carbocycles. The molecule has 1 heterocycles. The molecule has 0 aliphatic heterocycles. The van der Waals surface area contributed by atoms with Crippen LogP contribution < -0.4 is 0 Å². The van der Waals surface area contributed by atoms with Gasteiger partial charge in [0.15, 0.2) is 0 Å². The van der Waals surface area contributed by atoms with Crippen molar-refractivity contribution in [3.63, 3.8) is 0 Å². The van der Waals surface area contributed by atoms with Gasteiger partial charge in [-0.1, -0.05) is 0 Å². The molecule has 0 aliphatic carbocycles. The van der Waals surface area contributed by atoms with E-state index >= 15 is 0 Å². The van der Waals surface area contributed by atoms with Crippen molar-refractivity contribution in [2.45, 2.75) is 12.1 Å². The fourth-order valence-corrected chi connectivity index (χ4v) is 0.638. The molecule has 0 atom stereocenters. The molecular formula is C6H3F5N2O. The monoisotopic (exact) mass is 214 g/mol. The predicted molar refractivity (Wildman–Crippen MR) is 33.6 cm³/mol. The second-order valence-electron chi connectivity index (χ2n) is 2.35. The van der Waals surface area contributed by atoms with Gasteiger partial charge in [0.1, 0.15) is 5.69 Å². The normalized spacial score (nSPS) is 12.9. The van der Waals surface area contributed by atoms with E-state index in [0.29, 0.717) is 12.1 Å². The predicted octanol–water partition coefficient (Wildman–Crippen LogP) is 1.84. The van der Waals surface area contributed by atoms with Crippen molar-refractivity contribution in [1.29, 1.82) is 0 Å². The van der Waals surface area contributed by atoms with E-state index in [1.807, 2.05) is 0 Å². The topological polar surface area (TPSA) is 46.0 Å². The van der Waals surface area contributed by atoms with Crippen molar-refractivity contribution in [2.75, 3.05) is 0 Å². The third-order valence-electron chi connectivity index (χ3n) is 1.33. The largest absolute Gasteiger partial charge is 0.492 e. The van der Waals surface area contributed by atoms with Gasteiger partial charge in [0.2, 0.25) is 5.88 Å². The summed E-state index contributed by atoms with van der Waals surface area (Å²) in [6.45, 7) is 0. The molecule has 0 radical (unpaired) electrons. The van der Waals surface area contributed by atoms with Crippen molar-refractivity contribution >= 4 is 0 Å². The van der Waals surface area contributed by atoms with Crippen LogP contribution in [0.5, 0.6) is 5.88 Å². The van der Waals surface area contributed by atoms with Crippen LogP contribution in [-0.4, -0.2) is 21.5 Å². The molecule has 1 aromatic rings. The molecule has 1 N–H and O–H groups in total. The molecule has 0 saturated carbocycles. The Bertz CT molecular complexity index is 320. The number of halogens is 5. The van der Waals surface area contributed by atoms with Crippen LogP contribution in [-0.2, 0) is 5.92 Å². The summed E-state index contributed by atoms with van der Waals surface area (Å²) < 4.78 is 60.2. The van der Waals surface area contributed by atoms with E-state index in [1.54, 1.807) is 0 Å². The van der Waals surface area contributed by atoms with Crippen LogP contribution in [0.15, 0.2) is 12.1 Å². The molecule has 78 valence electrons. The lowest BCUT2D eigenvalue weighted by atomic mass is 10.2. The van der Waals surface area contributed by atoms with Gasteiger partial charge in [0, 0.05) is 6.07 Å². The average Bonchev–Trinajstić information content (AvgIpc) is 2.03. The van der Waals surface area contributed by atoms with Gasteiger partial charge < -0.3 is 5.11 Å². The molecule has 0 amide bonds. The fraction of sp³-hybridized carbons (Fsp3) is 0.333. The lowest BCUT2D eigenvalue weighted by Gasteiger charge is -2.17. The summed E-state index contributed by atoms with van der Waals surface area (Å²) in [7, 11) is 0. The minimum atomic E-state index is -5.72. The Morgan fingerprint density at radius 3 is 1.93 bits per heavy atom. The maximum Gasteiger partial charge on any atom is 0.459 e. The zero-order chi connectivity index (χ0) is 11.0. The summed E-state index contributed by atoms with van der Waals surface area (Å²) in [6.07, 6.45) is -5.72. The molecule has 1 aromatic heterocycles. The molecule has 0 fully saturated rings. The Labute approximate surface area is 74.2 Å². The molecule has 0 unspecified atom stereocenters. The van der Waals surface area contributed by atoms with Crippen molar-refractivity contribution in [3.8, 4) is 5.88 Å². The summed E-state index contributed by atoms with van der Waals surface area (Å²) in [6, 6.07) is 0.956. The van der Waals surface area contributed by atoms with Crippen LogP contribution in [0.25, 0.3) is 0 Å². The average molecular weight is 214 g/mol. The van der Waals surface area contributed by atoms with Gasteiger partial charge in [-0.25, -0.2) is 0 Å². The highest BCUT2D eigenvalue weighted by Gasteiger charge is 2.60. The van der Waals surface area contributed by atoms with Gasteiger partial charge >= 0.3 is 12.1 Å². The first-order chi connectivity index (χ1) is 6.25. The van der Waals surface area contributed by atoms with Gasteiger partial charge in [-0.15, -0.1) is 10.2 Å². The van der Waals surface area contributed by atoms with Crippen LogP contribution in [0.3, 0.4) is 0 Å². The van der Waals surface area contributed by atoms with E-state index in [-0.39, 0.29) is 0 Å². The van der Waals surface area contributed by atoms with Gasteiger partial charge in [0.25, 0.3) is 0 Å². The Hall–Kier alpha value is -1.47. The van der Waals surface area contributed by atoms with E-state index < -0.39 is 23.7 Å². The zero-order valence-corrected chi connectivity index (χ0v) is 6.39. The molecule has 0 aliphatic rings. The Morgan fingerprint density at radius 1 is 1.00 bits per heavy atom. The standard InChI is InChI=1S/C6H3F5N2O/c7-5(8,6(9,10)11)3-1-2-4(14)13-12-3/h1-2H,(H,13,14). The van der Waals surface area contributed by atoms with Crippen LogP contribution in [0, 0.1) is 0 Å². The van der Waals surface area contributed by atoms with Crippen LogP contribution in [0.1, 0.15) is 5.69 Å². The summed E-state index contributed by atoms with van der Waals surface area (Å²) in [5.41, 5.74) is -1.55. The van der Waals surface area contributed by atoms with Crippen molar-refractivity contribution in [2.24, 2.45) is 0 Å². The van der Waals surface area contributed by atoms with Gasteiger partial charge in [0.05, 0.1) is 0 Å². The molecule has 0 saturated heterocycles. The van der Waals surface area contributed by atoms with E-state index in [4.69, 9.17) is 5.11 Å². The third-order valence-corrected chi connectivity index (χ3v) is 1.33. The summed E-state index contributed by atoms with van der Waals surface area (Å²) in [5.74, 6) is -5.79. The maximum atomic E-state index is 12.5. The Kier molecular flexibility index (Phi) is 2.30. The highest BCUT2D eigenvalue weighted by atomic mass is 19.4. The van der Waals surface area contributed by atoms with E-state index in [0.717, 1.165) is 0 Å². The molecule has 14 heavy (non-hydrogen) atoms. The first kappa shape index (κ1) is 10.6. The van der Waals surface area contributed by atoms with Crippen LogP contribution in [0.4, 0.5) is 22.0 Å². The number of hydrogen-bond donors (Lipinski definition) is 1. The first-order valence-electron chi connectivity index (χ1n) is 3.23. The van der Waals surface area contributed by atoms with E-state index in [1.165, 1.54) is 0 Å². The molecule has 1 rings (SSSR count). The maximum absolute atomic E-state index is 12.5. The second-order valence-corrected chi connectivity index (χ2v) is 2.35. The van der Waals surface area contributed by atoms with Gasteiger partial charge in [-0.05, 0) is 6.07 Å². The molecule has 8 heteroatoms. The van der Waals surface area contributed by atoms with E-state index in [2.05, 4.69) is 10.2 Å². The Balaban J connectivity index is 3.10. The highest BCUT2D eigenvalue weighted by Crippen LogP contribution is 2.42. The number of aromatic hydroxyl groups is 1. The van der Waals surface area contributed by atoms with Crippen molar-refractivity contribution < 1.29 is 27.1 Å². The van der Waals surface area contributed by atoms with Crippen molar-refractivity contribution in [3.05, 3.63) is 17.8 Å². The van der Waals surface area contributed by atoms with Crippen LogP contribution >= 0.6 is 0 Å². The molecular weight excluding hydrogens is 211 g/mol. The number of hydrogen-bond acceptors (Lipinski definition) is 3. The van der Waals surface area contributed by atoms with Crippen molar-refractivity contribution in [1.82, 2.24) is 10.2 Å². The minimum absolute atomic E-state index is 0.357. The number of alkyl halides is 5. The number of rotatable bonds is 1. The number of nitrogens with zero attached hydrogens (tertiary/aromatic N) is 2. The summed E-state index contributed by atoms with van der Waals surface area (Å²) in [4.78, 5) is 0. The summed E-state index contributed by atoms with van der Waals surface area (Å²) in [5, 5.41) is 13.8. The first-order valence-corrected chi connectivity index (χ1v) is 3.23. The lowest BCUT2D eigenvalue weighted by molar-refractivity contribution is -0.291. The second kappa shape index (κ2) is 3.03. The minimum Gasteiger partial charge on any atom is -0.492 e. The Morgan fingerprint density at radius 2 is 1.57 bits per heavy atom. The van der Waals surface area contributed by atoms with Gasteiger partial charge in [-0.2, -0.15) is 22.0 Å². The number of aromatic nitrogens is 2. The third kappa shape index (κ3) is 1.73. The molecule has 0 bridgehead atoms.